The molecule has 1 fully saturated rings. The lowest BCUT2D eigenvalue weighted by molar-refractivity contribution is 0.156. The van der Waals surface area contributed by atoms with Crippen LogP contribution in [0.25, 0.3) is 0 Å². The second kappa shape index (κ2) is 3.57. The van der Waals surface area contributed by atoms with Crippen LogP contribution < -0.4 is 0 Å². The molecule has 0 aromatic carbocycles. The highest BCUT2D eigenvalue weighted by Gasteiger charge is 2.24. The van der Waals surface area contributed by atoms with E-state index in [1.807, 2.05) is 0 Å². The van der Waals surface area contributed by atoms with Gasteiger partial charge in [-0.1, -0.05) is 13.8 Å². The van der Waals surface area contributed by atoms with Crippen LogP contribution in [0.15, 0.2) is 0 Å². The Kier molecular flexibility index (Phi) is 2.94. The first-order chi connectivity index (χ1) is 5.09. The molecule has 0 radical (unpaired) electrons. The molecular weight excluding hydrogens is 134 g/mol. The molecule has 1 aliphatic carbocycles. The Hall–Kier alpha value is -0.0400. The highest BCUT2D eigenvalue weighted by molar-refractivity contribution is 4.78. The van der Waals surface area contributed by atoms with Gasteiger partial charge in [-0.05, 0) is 45.2 Å². The van der Waals surface area contributed by atoms with Crippen LogP contribution in [-0.4, -0.2) is 25.0 Å². The predicted molar refractivity (Wildman–Crippen MR) is 49.7 cm³/mol. The molecular formula is C10H21N. The first-order valence-corrected chi connectivity index (χ1v) is 4.76. The van der Waals surface area contributed by atoms with Gasteiger partial charge in [-0.2, -0.15) is 0 Å². The molecule has 1 aliphatic rings. The summed E-state index contributed by atoms with van der Waals surface area (Å²) in [6.07, 6.45) is 4.24. The first kappa shape index (κ1) is 9.05. The van der Waals surface area contributed by atoms with Crippen LogP contribution in [-0.2, 0) is 0 Å². The monoisotopic (exact) mass is 155 g/mol. The summed E-state index contributed by atoms with van der Waals surface area (Å²) in [4.78, 5) is 2.38. The Morgan fingerprint density at radius 3 is 1.73 bits per heavy atom. The van der Waals surface area contributed by atoms with Crippen molar-refractivity contribution < 1.29 is 0 Å². The van der Waals surface area contributed by atoms with Crippen LogP contribution in [0.2, 0.25) is 0 Å². The van der Waals surface area contributed by atoms with Gasteiger partial charge in [0, 0.05) is 6.04 Å². The Balaban J connectivity index is 2.43. The van der Waals surface area contributed by atoms with E-state index in [0.29, 0.717) is 0 Å². The van der Waals surface area contributed by atoms with Crippen molar-refractivity contribution in [2.24, 2.45) is 11.8 Å². The molecule has 0 aromatic rings. The van der Waals surface area contributed by atoms with Gasteiger partial charge in [0.1, 0.15) is 0 Å². The topological polar surface area (TPSA) is 3.24 Å². The molecule has 0 aliphatic heterocycles. The highest BCUT2D eigenvalue weighted by Crippen LogP contribution is 2.30. The molecule has 66 valence electrons. The maximum Gasteiger partial charge on any atom is 0.00942 e. The van der Waals surface area contributed by atoms with Gasteiger partial charge < -0.3 is 4.90 Å². The molecule has 0 spiro atoms. The van der Waals surface area contributed by atoms with E-state index in [2.05, 4.69) is 32.8 Å². The molecule has 1 heteroatoms. The Morgan fingerprint density at radius 1 is 0.909 bits per heavy atom. The van der Waals surface area contributed by atoms with Gasteiger partial charge in [-0.15, -0.1) is 0 Å². The van der Waals surface area contributed by atoms with Gasteiger partial charge in [-0.3, -0.25) is 0 Å². The fourth-order valence-electron chi connectivity index (χ4n) is 2.33. The molecule has 0 N–H and O–H groups in total. The number of hydrogen-bond acceptors (Lipinski definition) is 1. The second-order valence-electron chi connectivity index (χ2n) is 4.53. The van der Waals surface area contributed by atoms with E-state index in [9.17, 15) is 0 Å². The Labute approximate surface area is 70.8 Å². The molecule has 0 saturated heterocycles. The van der Waals surface area contributed by atoms with Gasteiger partial charge in [-0.25, -0.2) is 0 Å². The normalized spacial score (nSPS) is 39.5. The summed E-state index contributed by atoms with van der Waals surface area (Å²) in [7, 11) is 4.41. The third-order valence-corrected chi connectivity index (χ3v) is 2.88. The lowest BCUT2D eigenvalue weighted by atomic mass is 9.80. The zero-order chi connectivity index (χ0) is 8.43. The highest BCUT2D eigenvalue weighted by atomic mass is 15.1. The van der Waals surface area contributed by atoms with E-state index >= 15 is 0 Å². The van der Waals surface area contributed by atoms with Crippen LogP contribution in [0.1, 0.15) is 33.1 Å². The van der Waals surface area contributed by atoms with E-state index in [-0.39, 0.29) is 0 Å². The SMILES string of the molecule is C[C@@H]1CC(N(C)C)C[C@H](C)C1. The summed E-state index contributed by atoms with van der Waals surface area (Å²) in [5.41, 5.74) is 0. The standard InChI is InChI=1S/C10H21N/c1-8-5-9(2)7-10(6-8)11(3)4/h8-10H,5-7H2,1-4H3/t8-,9+,10?. The van der Waals surface area contributed by atoms with Crippen LogP contribution in [0.3, 0.4) is 0 Å². The number of hydrogen-bond donors (Lipinski definition) is 0. The average molecular weight is 155 g/mol. The molecule has 1 nitrogen and oxygen atoms in total. The lowest BCUT2D eigenvalue weighted by Crippen LogP contribution is -2.35. The third kappa shape index (κ3) is 2.48. The average Bonchev–Trinajstić information content (AvgIpc) is 1.85. The Bertz CT molecular complexity index is 110. The fraction of sp³-hybridized carbons (Fsp3) is 1.00. The molecule has 0 heterocycles. The van der Waals surface area contributed by atoms with Crippen molar-refractivity contribution in [3.05, 3.63) is 0 Å². The fourth-order valence-corrected chi connectivity index (χ4v) is 2.33. The van der Waals surface area contributed by atoms with Gasteiger partial charge in [0.2, 0.25) is 0 Å². The van der Waals surface area contributed by atoms with Crippen LogP contribution in [0.5, 0.6) is 0 Å². The smallest absolute Gasteiger partial charge is 0.00942 e. The van der Waals surface area contributed by atoms with Crippen LogP contribution in [0, 0.1) is 11.8 Å². The van der Waals surface area contributed by atoms with Crippen molar-refractivity contribution in [3.8, 4) is 0 Å². The molecule has 1 saturated carbocycles. The third-order valence-electron chi connectivity index (χ3n) is 2.88. The zero-order valence-corrected chi connectivity index (χ0v) is 8.30. The van der Waals surface area contributed by atoms with Crippen molar-refractivity contribution in [2.75, 3.05) is 14.1 Å². The summed E-state index contributed by atoms with van der Waals surface area (Å²) >= 11 is 0. The molecule has 0 amide bonds. The van der Waals surface area contributed by atoms with Gasteiger partial charge in [0.25, 0.3) is 0 Å². The van der Waals surface area contributed by atoms with Crippen molar-refractivity contribution >= 4 is 0 Å². The Morgan fingerprint density at radius 2 is 1.36 bits per heavy atom. The number of rotatable bonds is 1. The zero-order valence-electron chi connectivity index (χ0n) is 8.30. The molecule has 1 rings (SSSR count). The minimum Gasteiger partial charge on any atom is -0.306 e. The van der Waals surface area contributed by atoms with Crippen LogP contribution >= 0.6 is 0 Å². The molecule has 0 aromatic heterocycles. The predicted octanol–water partition coefficient (Wildman–Crippen LogP) is 2.37. The maximum absolute atomic E-state index is 2.38. The molecule has 1 unspecified atom stereocenters. The van der Waals surface area contributed by atoms with Crippen molar-refractivity contribution in [1.29, 1.82) is 0 Å². The summed E-state index contributed by atoms with van der Waals surface area (Å²) in [5, 5.41) is 0. The minimum atomic E-state index is 0.841. The summed E-state index contributed by atoms with van der Waals surface area (Å²) < 4.78 is 0. The number of nitrogens with zero attached hydrogens (tertiary/aromatic N) is 1. The van der Waals surface area contributed by atoms with E-state index in [0.717, 1.165) is 17.9 Å². The molecule has 11 heavy (non-hydrogen) atoms. The van der Waals surface area contributed by atoms with E-state index in [1.54, 1.807) is 0 Å². The largest absolute Gasteiger partial charge is 0.306 e. The summed E-state index contributed by atoms with van der Waals surface area (Å²) in [6.45, 7) is 4.76. The van der Waals surface area contributed by atoms with Gasteiger partial charge in [0.15, 0.2) is 0 Å². The maximum atomic E-state index is 2.38. The van der Waals surface area contributed by atoms with E-state index < -0.39 is 0 Å². The summed E-state index contributed by atoms with van der Waals surface area (Å²) in [5.74, 6) is 1.87. The quantitative estimate of drug-likeness (QED) is 0.562. The van der Waals surface area contributed by atoms with Crippen molar-refractivity contribution in [2.45, 2.75) is 39.2 Å². The van der Waals surface area contributed by atoms with Gasteiger partial charge in [0.05, 0.1) is 0 Å². The van der Waals surface area contributed by atoms with Gasteiger partial charge >= 0.3 is 0 Å². The molecule has 3 atom stereocenters. The molecule has 0 bridgehead atoms. The van der Waals surface area contributed by atoms with E-state index in [4.69, 9.17) is 0 Å². The first-order valence-electron chi connectivity index (χ1n) is 4.76. The minimum absolute atomic E-state index is 0.841. The van der Waals surface area contributed by atoms with Crippen molar-refractivity contribution in [1.82, 2.24) is 4.90 Å². The second-order valence-corrected chi connectivity index (χ2v) is 4.53. The van der Waals surface area contributed by atoms with Crippen LogP contribution in [0.4, 0.5) is 0 Å². The lowest BCUT2D eigenvalue weighted by Gasteiger charge is -2.35. The van der Waals surface area contributed by atoms with E-state index in [1.165, 1.54) is 19.3 Å². The van der Waals surface area contributed by atoms with Crippen molar-refractivity contribution in [3.63, 3.8) is 0 Å². The summed E-state index contributed by atoms with van der Waals surface area (Å²) in [6, 6.07) is 0.841.